The highest BCUT2D eigenvalue weighted by Crippen LogP contribution is 2.40. The van der Waals surface area contributed by atoms with Gasteiger partial charge in [0, 0.05) is 39.2 Å². The van der Waals surface area contributed by atoms with E-state index in [1.54, 1.807) is 30.0 Å². The highest BCUT2D eigenvalue weighted by Gasteiger charge is 2.50. The Bertz CT molecular complexity index is 845. The molecule has 0 unspecified atom stereocenters. The fourth-order valence-electron chi connectivity index (χ4n) is 3.80. The molecule has 142 valence electrons. The number of nitrogens with zero attached hydrogens (tertiary/aromatic N) is 4. The summed E-state index contributed by atoms with van der Waals surface area (Å²) in [6.45, 7) is 0.577. The van der Waals surface area contributed by atoms with Gasteiger partial charge in [0.25, 0.3) is 5.91 Å². The van der Waals surface area contributed by atoms with Crippen LogP contribution in [0.3, 0.4) is 0 Å². The molecular weight excluding hydrogens is 360 g/mol. The van der Waals surface area contributed by atoms with Gasteiger partial charge in [-0.1, -0.05) is 5.16 Å². The van der Waals surface area contributed by atoms with Crippen molar-refractivity contribution in [3.63, 3.8) is 0 Å². The van der Waals surface area contributed by atoms with Crippen LogP contribution < -0.4 is 0 Å². The summed E-state index contributed by atoms with van der Waals surface area (Å²) in [4.78, 5) is 29.9. The standard InChI is InChI=1S/C16H22N4O5S/c1-18(2)16(22)20-6-5-19(12-8-26(23,24)9-13(12)20)15(21)11-7-14(25-17-11)10-3-4-10/h7,10,12-13H,3-6,8-9H2,1-2H3/t12-,13+/m1/s1. The molecule has 0 aromatic carbocycles. The molecule has 10 heteroatoms. The first-order chi connectivity index (χ1) is 12.3. The van der Waals surface area contributed by atoms with Crippen molar-refractivity contribution in [2.75, 3.05) is 38.7 Å². The van der Waals surface area contributed by atoms with Crippen LogP contribution in [-0.4, -0.2) is 91.0 Å². The van der Waals surface area contributed by atoms with E-state index in [1.165, 1.54) is 4.90 Å². The number of aromatic nitrogens is 1. The number of carbonyl (C=O) groups excluding carboxylic acids is 2. The Kier molecular flexibility index (Phi) is 3.98. The maximum absolute atomic E-state index is 12.9. The van der Waals surface area contributed by atoms with Gasteiger partial charge in [-0.05, 0) is 12.8 Å². The van der Waals surface area contributed by atoms with E-state index in [2.05, 4.69) is 5.16 Å². The van der Waals surface area contributed by atoms with Crippen LogP contribution in [0.25, 0.3) is 0 Å². The summed E-state index contributed by atoms with van der Waals surface area (Å²) in [5.74, 6) is 0.481. The molecule has 2 atom stereocenters. The molecule has 3 heterocycles. The number of fused-ring (bicyclic) bond motifs is 1. The smallest absolute Gasteiger partial charge is 0.319 e. The van der Waals surface area contributed by atoms with Gasteiger partial charge in [0.2, 0.25) is 0 Å². The predicted molar refractivity (Wildman–Crippen MR) is 91.5 cm³/mol. The first-order valence-corrected chi connectivity index (χ1v) is 10.5. The highest BCUT2D eigenvalue weighted by atomic mass is 32.2. The maximum Gasteiger partial charge on any atom is 0.319 e. The van der Waals surface area contributed by atoms with Crippen LogP contribution in [0.4, 0.5) is 4.79 Å². The van der Waals surface area contributed by atoms with Crippen molar-refractivity contribution in [1.29, 1.82) is 0 Å². The first kappa shape index (κ1) is 17.3. The van der Waals surface area contributed by atoms with E-state index in [9.17, 15) is 18.0 Å². The van der Waals surface area contributed by atoms with Gasteiger partial charge in [0.05, 0.1) is 23.6 Å². The number of urea groups is 1. The van der Waals surface area contributed by atoms with E-state index in [4.69, 9.17) is 4.52 Å². The second kappa shape index (κ2) is 5.97. The molecule has 4 rings (SSSR count). The first-order valence-electron chi connectivity index (χ1n) is 8.73. The topological polar surface area (TPSA) is 104 Å². The third-order valence-electron chi connectivity index (χ3n) is 5.29. The number of carbonyl (C=O) groups is 2. The van der Waals surface area contributed by atoms with Gasteiger partial charge >= 0.3 is 6.03 Å². The van der Waals surface area contributed by atoms with Gasteiger partial charge in [0.15, 0.2) is 15.5 Å². The molecule has 3 aliphatic rings. The molecule has 0 radical (unpaired) electrons. The van der Waals surface area contributed by atoms with E-state index < -0.39 is 21.9 Å². The maximum atomic E-state index is 12.9. The number of piperazine rings is 1. The summed E-state index contributed by atoms with van der Waals surface area (Å²) < 4.78 is 29.7. The van der Waals surface area contributed by atoms with Gasteiger partial charge in [-0.3, -0.25) is 4.79 Å². The van der Waals surface area contributed by atoms with Gasteiger partial charge in [-0.15, -0.1) is 0 Å². The number of amides is 3. The Hall–Kier alpha value is -2.10. The molecule has 1 aromatic rings. The lowest BCUT2D eigenvalue weighted by molar-refractivity contribution is 0.0385. The Morgan fingerprint density at radius 3 is 2.38 bits per heavy atom. The predicted octanol–water partition coefficient (Wildman–Crippen LogP) is 0.157. The number of hydrogen-bond acceptors (Lipinski definition) is 6. The molecule has 0 spiro atoms. The Morgan fingerprint density at radius 1 is 1.15 bits per heavy atom. The summed E-state index contributed by atoms with van der Waals surface area (Å²) >= 11 is 0. The summed E-state index contributed by atoms with van der Waals surface area (Å²) in [7, 11) is -0.0538. The van der Waals surface area contributed by atoms with Gasteiger partial charge < -0.3 is 19.2 Å². The second-order valence-corrected chi connectivity index (χ2v) is 9.62. The summed E-state index contributed by atoms with van der Waals surface area (Å²) in [5, 5.41) is 3.88. The van der Waals surface area contributed by atoms with Crippen LogP contribution in [0.15, 0.2) is 10.6 Å². The third kappa shape index (κ3) is 2.95. The lowest BCUT2D eigenvalue weighted by Gasteiger charge is -2.44. The van der Waals surface area contributed by atoms with E-state index in [1.807, 2.05) is 0 Å². The third-order valence-corrected chi connectivity index (χ3v) is 6.99. The highest BCUT2D eigenvalue weighted by molar-refractivity contribution is 7.91. The number of rotatable bonds is 2. The molecule has 0 N–H and O–H groups in total. The van der Waals surface area contributed by atoms with Gasteiger partial charge in [-0.25, -0.2) is 13.2 Å². The summed E-state index contributed by atoms with van der Waals surface area (Å²) in [6, 6.07) is 0.353. The van der Waals surface area contributed by atoms with Crippen LogP contribution in [-0.2, 0) is 9.84 Å². The van der Waals surface area contributed by atoms with E-state index in [0.29, 0.717) is 18.2 Å². The monoisotopic (exact) mass is 382 g/mol. The zero-order chi connectivity index (χ0) is 18.6. The van der Waals surface area contributed by atoms with Crippen LogP contribution >= 0.6 is 0 Å². The minimum Gasteiger partial charge on any atom is -0.360 e. The van der Waals surface area contributed by atoms with Crippen molar-refractivity contribution >= 4 is 21.8 Å². The average Bonchev–Trinajstić information content (AvgIpc) is 3.21. The van der Waals surface area contributed by atoms with Crippen molar-refractivity contribution < 1.29 is 22.5 Å². The molecule has 2 saturated heterocycles. The lowest BCUT2D eigenvalue weighted by atomic mass is 10.0. The van der Waals surface area contributed by atoms with E-state index in [0.717, 1.165) is 12.8 Å². The number of sulfone groups is 1. The largest absolute Gasteiger partial charge is 0.360 e. The Labute approximate surface area is 151 Å². The Balaban J connectivity index is 1.59. The van der Waals surface area contributed by atoms with Crippen molar-refractivity contribution in [2.45, 2.75) is 30.8 Å². The molecule has 3 fully saturated rings. The molecule has 0 bridgehead atoms. The van der Waals surface area contributed by atoms with Crippen LogP contribution in [0.5, 0.6) is 0 Å². The van der Waals surface area contributed by atoms with Crippen molar-refractivity contribution in [3.8, 4) is 0 Å². The fraction of sp³-hybridized carbons (Fsp3) is 0.688. The molecule has 2 aliphatic heterocycles. The molecule has 3 amide bonds. The zero-order valence-electron chi connectivity index (χ0n) is 14.8. The minimum atomic E-state index is -3.32. The average molecular weight is 382 g/mol. The summed E-state index contributed by atoms with van der Waals surface area (Å²) in [6.07, 6.45) is 2.08. The molecule has 1 aromatic heterocycles. The molecule has 9 nitrogen and oxygen atoms in total. The van der Waals surface area contributed by atoms with Crippen LogP contribution in [0.2, 0.25) is 0 Å². The van der Waals surface area contributed by atoms with Crippen molar-refractivity contribution in [1.82, 2.24) is 19.9 Å². The Morgan fingerprint density at radius 2 is 1.77 bits per heavy atom. The van der Waals surface area contributed by atoms with Crippen LogP contribution in [0.1, 0.15) is 35.0 Å². The van der Waals surface area contributed by atoms with Crippen molar-refractivity contribution in [2.24, 2.45) is 0 Å². The molecule has 1 saturated carbocycles. The normalized spacial score (nSPS) is 27.3. The second-order valence-electron chi connectivity index (χ2n) is 7.47. The molecule has 26 heavy (non-hydrogen) atoms. The molecular formula is C16H22N4O5S. The minimum absolute atomic E-state index is 0.118. The quantitative estimate of drug-likeness (QED) is 0.722. The van der Waals surface area contributed by atoms with Crippen molar-refractivity contribution in [3.05, 3.63) is 17.5 Å². The lowest BCUT2D eigenvalue weighted by Crippen LogP contribution is -2.63. The fourth-order valence-corrected chi connectivity index (χ4v) is 5.78. The van der Waals surface area contributed by atoms with Crippen LogP contribution in [0, 0.1) is 0 Å². The van der Waals surface area contributed by atoms with E-state index >= 15 is 0 Å². The van der Waals surface area contributed by atoms with Gasteiger partial charge in [-0.2, -0.15) is 0 Å². The van der Waals surface area contributed by atoms with Gasteiger partial charge in [0.1, 0.15) is 5.76 Å². The zero-order valence-corrected chi connectivity index (χ0v) is 15.6. The summed E-state index contributed by atoms with van der Waals surface area (Å²) in [5.41, 5.74) is 0.210. The molecule has 1 aliphatic carbocycles. The SMILES string of the molecule is CN(C)C(=O)N1CCN(C(=O)c2cc(C3CC3)on2)[C@@H]2CS(=O)(=O)C[C@@H]21. The van der Waals surface area contributed by atoms with E-state index in [-0.39, 0.29) is 35.7 Å². The number of hydrogen-bond donors (Lipinski definition) is 0.